The van der Waals surface area contributed by atoms with Crippen LogP contribution in [0, 0.1) is 0 Å². The lowest BCUT2D eigenvalue weighted by Crippen LogP contribution is -2.31. The van der Waals surface area contributed by atoms with E-state index in [1.165, 1.54) is 11.1 Å². The number of nitrogens with two attached hydrogens (primary N) is 1. The molecule has 0 bridgehead atoms. The van der Waals surface area contributed by atoms with Crippen molar-refractivity contribution in [3.05, 3.63) is 35.4 Å². The summed E-state index contributed by atoms with van der Waals surface area (Å²) in [6, 6.07) is 8.34. The molecule has 1 atom stereocenters. The predicted octanol–water partition coefficient (Wildman–Crippen LogP) is 0.333. The largest absolute Gasteiger partial charge is 0.368 e. The highest BCUT2D eigenvalue weighted by Crippen LogP contribution is 2.33. The maximum Gasteiger partial charge on any atom is 0.245 e. The summed E-state index contributed by atoms with van der Waals surface area (Å²) in [6.45, 7) is 0.651. The first kappa shape index (κ1) is 10.1. The monoisotopic (exact) mass is 206 g/mol. The average Bonchev–Trinajstić information content (AvgIpc) is 2.18. The molecular weight excluding hydrogens is 192 g/mol. The van der Waals surface area contributed by atoms with E-state index in [9.17, 15) is 4.79 Å². The first-order chi connectivity index (χ1) is 7.27. The summed E-state index contributed by atoms with van der Waals surface area (Å²) >= 11 is 0. The number of carbonyl (C=O) groups is 1. The van der Waals surface area contributed by atoms with Gasteiger partial charge in [0.05, 0.1) is 0 Å². The summed E-state index contributed by atoms with van der Waals surface area (Å²) in [5.41, 5.74) is 10.5. The molecule has 0 radical (unpaired) electrons. The summed E-state index contributed by atoms with van der Waals surface area (Å²) in [6.07, 6.45) is 1.07. The van der Waals surface area contributed by atoms with Gasteiger partial charge in [-0.25, -0.2) is 5.48 Å². The smallest absolute Gasteiger partial charge is 0.245 e. The highest BCUT2D eigenvalue weighted by molar-refractivity contribution is 5.74. The van der Waals surface area contributed by atoms with Crippen LogP contribution in [0.1, 0.15) is 17.0 Å². The van der Waals surface area contributed by atoms with Gasteiger partial charge >= 0.3 is 0 Å². The van der Waals surface area contributed by atoms with E-state index in [1.807, 2.05) is 12.1 Å². The second-order valence-electron chi connectivity index (χ2n) is 3.70. The van der Waals surface area contributed by atoms with Crippen LogP contribution in [0.3, 0.4) is 0 Å². The number of primary amides is 1. The van der Waals surface area contributed by atoms with E-state index >= 15 is 0 Å². The number of benzene rings is 1. The summed E-state index contributed by atoms with van der Waals surface area (Å²) in [7, 11) is 0. The lowest BCUT2D eigenvalue weighted by Gasteiger charge is -2.29. The molecule has 1 aliphatic carbocycles. The van der Waals surface area contributed by atoms with Gasteiger partial charge in [0.15, 0.2) is 0 Å². The van der Waals surface area contributed by atoms with E-state index in [2.05, 4.69) is 17.6 Å². The van der Waals surface area contributed by atoms with Gasteiger partial charge in [-0.15, -0.1) is 0 Å². The number of amides is 1. The van der Waals surface area contributed by atoms with Gasteiger partial charge in [-0.05, 0) is 17.5 Å². The minimum Gasteiger partial charge on any atom is -0.368 e. The van der Waals surface area contributed by atoms with Gasteiger partial charge in [-0.1, -0.05) is 24.3 Å². The molecule has 1 aromatic carbocycles. The highest BCUT2D eigenvalue weighted by atomic mass is 16.6. The van der Waals surface area contributed by atoms with Crippen molar-refractivity contribution < 1.29 is 9.63 Å². The van der Waals surface area contributed by atoms with E-state index in [1.54, 1.807) is 0 Å². The van der Waals surface area contributed by atoms with Crippen molar-refractivity contribution >= 4 is 5.91 Å². The van der Waals surface area contributed by atoms with Crippen molar-refractivity contribution in [2.75, 3.05) is 13.2 Å². The maximum absolute atomic E-state index is 10.4. The zero-order valence-electron chi connectivity index (χ0n) is 8.40. The zero-order valence-corrected chi connectivity index (χ0v) is 8.40. The zero-order chi connectivity index (χ0) is 10.7. The predicted molar refractivity (Wildman–Crippen MR) is 56.0 cm³/mol. The van der Waals surface area contributed by atoms with Gasteiger partial charge in [0.1, 0.15) is 6.61 Å². The molecule has 2 rings (SSSR count). The highest BCUT2D eigenvalue weighted by Gasteiger charge is 2.24. The first-order valence-electron chi connectivity index (χ1n) is 4.98. The van der Waals surface area contributed by atoms with Crippen LogP contribution in [0.25, 0.3) is 0 Å². The minimum absolute atomic E-state index is 0.0750. The summed E-state index contributed by atoms with van der Waals surface area (Å²) in [4.78, 5) is 15.3. The lowest BCUT2D eigenvalue weighted by atomic mass is 9.78. The van der Waals surface area contributed by atoms with Crippen molar-refractivity contribution in [3.63, 3.8) is 0 Å². The molecule has 0 spiro atoms. The topological polar surface area (TPSA) is 64.4 Å². The van der Waals surface area contributed by atoms with Crippen LogP contribution < -0.4 is 11.2 Å². The fourth-order valence-electron chi connectivity index (χ4n) is 1.83. The molecular formula is C11H14N2O2. The number of hydrogen-bond donors (Lipinski definition) is 2. The third kappa shape index (κ3) is 2.34. The number of carbonyl (C=O) groups excluding carboxylic acids is 1. The normalized spacial score (nSPS) is 18.0. The fourth-order valence-corrected chi connectivity index (χ4v) is 1.83. The molecule has 1 aliphatic rings. The lowest BCUT2D eigenvalue weighted by molar-refractivity contribution is -0.125. The van der Waals surface area contributed by atoms with Gasteiger partial charge in [-0.3, -0.25) is 9.63 Å². The van der Waals surface area contributed by atoms with E-state index in [0.717, 1.165) is 13.0 Å². The molecule has 3 N–H and O–H groups in total. The molecule has 0 heterocycles. The Bertz CT molecular complexity index is 365. The molecule has 0 saturated carbocycles. The van der Waals surface area contributed by atoms with Crippen LogP contribution in [0.4, 0.5) is 0 Å². The molecule has 0 fully saturated rings. The van der Waals surface area contributed by atoms with Gasteiger partial charge in [0.2, 0.25) is 5.91 Å². The Morgan fingerprint density at radius 3 is 3.07 bits per heavy atom. The summed E-state index contributed by atoms with van der Waals surface area (Å²) in [5, 5.41) is 0. The Kier molecular flexibility index (Phi) is 2.99. The molecule has 0 aromatic heterocycles. The number of hydroxylamine groups is 1. The minimum atomic E-state index is -0.462. The van der Waals surface area contributed by atoms with E-state index < -0.39 is 5.91 Å². The third-order valence-electron chi connectivity index (χ3n) is 2.61. The molecule has 4 nitrogen and oxygen atoms in total. The van der Waals surface area contributed by atoms with Gasteiger partial charge in [0.25, 0.3) is 0 Å². The second-order valence-corrected chi connectivity index (χ2v) is 3.70. The van der Waals surface area contributed by atoms with Crippen LogP contribution in [-0.2, 0) is 16.1 Å². The van der Waals surface area contributed by atoms with E-state index in [0.29, 0.717) is 5.92 Å². The summed E-state index contributed by atoms with van der Waals surface area (Å²) in [5.74, 6) is 0.0330. The number of rotatable bonds is 5. The standard InChI is InChI=1S/C11H14N2O2/c12-11(14)7-15-13-6-9-5-8-3-1-2-4-10(8)9/h1-4,9,13H,5-7H2,(H2,12,14). The molecule has 0 saturated heterocycles. The van der Waals surface area contributed by atoms with E-state index in [-0.39, 0.29) is 6.61 Å². The van der Waals surface area contributed by atoms with Crippen molar-refractivity contribution in [2.24, 2.45) is 5.73 Å². The van der Waals surface area contributed by atoms with Gasteiger partial charge < -0.3 is 5.73 Å². The Labute approximate surface area is 88.4 Å². The summed E-state index contributed by atoms with van der Waals surface area (Å²) < 4.78 is 0. The molecule has 4 heteroatoms. The Morgan fingerprint density at radius 1 is 1.53 bits per heavy atom. The van der Waals surface area contributed by atoms with Crippen molar-refractivity contribution in [2.45, 2.75) is 12.3 Å². The second kappa shape index (κ2) is 4.42. The molecule has 80 valence electrons. The van der Waals surface area contributed by atoms with Crippen molar-refractivity contribution in [3.8, 4) is 0 Å². The van der Waals surface area contributed by atoms with Crippen molar-refractivity contribution in [1.29, 1.82) is 0 Å². The SMILES string of the molecule is NC(=O)CONCC1Cc2ccccc21. The number of fused-ring (bicyclic) bond motifs is 1. The van der Waals surface area contributed by atoms with E-state index in [4.69, 9.17) is 10.6 Å². The van der Waals surface area contributed by atoms with Crippen LogP contribution in [0.2, 0.25) is 0 Å². The quantitative estimate of drug-likeness (QED) is 0.539. The molecule has 1 aromatic rings. The average molecular weight is 206 g/mol. The number of nitrogens with one attached hydrogen (secondary N) is 1. The van der Waals surface area contributed by atoms with Gasteiger partial charge in [-0.2, -0.15) is 0 Å². The Hall–Kier alpha value is -1.39. The Morgan fingerprint density at radius 2 is 2.33 bits per heavy atom. The number of hydrogen-bond acceptors (Lipinski definition) is 3. The van der Waals surface area contributed by atoms with Crippen LogP contribution in [-0.4, -0.2) is 19.1 Å². The van der Waals surface area contributed by atoms with Crippen LogP contribution in [0.5, 0.6) is 0 Å². The van der Waals surface area contributed by atoms with Gasteiger partial charge in [0, 0.05) is 12.5 Å². The molecule has 0 aliphatic heterocycles. The third-order valence-corrected chi connectivity index (χ3v) is 2.61. The van der Waals surface area contributed by atoms with Crippen LogP contribution in [0.15, 0.2) is 24.3 Å². The molecule has 15 heavy (non-hydrogen) atoms. The first-order valence-corrected chi connectivity index (χ1v) is 4.98. The molecule has 1 unspecified atom stereocenters. The molecule has 1 amide bonds. The van der Waals surface area contributed by atoms with Crippen LogP contribution >= 0.6 is 0 Å². The fraction of sp³-hybridized carbons (Fsp3) is 0.364. The maximum atomic E-state index is 10.4. The van der Waals surface area contributed by atoms with Crippen molar-refractivity contribution in [1.82, 2.24) is 5.48 Å². The Balaban J connectivity index is 1.73.